The van der Waals surface area contributed by atoms with Crippen LogP contribution in [0.4, 0.5) is 0 Å². The summed E-state index contributed by atoms with van der Waals surface area (Å²) in [7, 11) is 0. The Bertz CT molecular complexity index is 17.7. The van der Waals surface area contributed by atoms with Gasteiger partial charge in [-0.05, 0) is 0 Å². The molecule has 0 unspecified atom stereocenters. The molecular formula is H2CoCuLaOSr. The van der Waals surface area contributed by atoms with Crippen LogP contribution in [0.5, 0.6) is 0 Å². The van der Waals surface area contributed by atoms with Gasteiger partial charge in [0.15, 0.2) is 0 Å². The van der Waals surface area contributed by atoms with Crippen molar-refractivity contribution in [2.24, 2.45) is 0 Å². The van der Waals surface area contributed by atoms with Crippen LogP contribution in [0, 0.1) is 35.6 Å². The van der Waals surface area contributed by atoms with Gasteiger partial charge in [0.25, 0.3) is 0 Å². The predicted molar refractivity (Wildman–Crippen MR) is 8.66 cm³/mol. The van der Waals surface area contributed by atoms with E-state index in [9.17, 15) is 0 Å². The van der Waals surface area contributed by atoms with Crippen molar-refractivity contribution in [2.75, 3.05) is 0 Å². The Kier molecular flexibility index (Phi) is 122. The van der Waals surface area contributed by atoms with Gasteiger partial charge in [-0.15, -0.1) is 0 Å². The van der Waals surface area contributed by atoms with Gasteiger partial charge in [-0.25, -0.2) is 0 Å². The van der Waals surface area contributed by atoms with Gasteiger partial charge in [0, 0.05) is 52.4 Å². The fourth-order valence-electron chi connectivity index (χ4n) is 0. The van der Waals surface area contributed by atoms with Crippen molar-refractivity contribution >= 4 is 45.5 Å². The van der Waals surface area contributed by atoms with Crippen LogP contribution in [0.25, 0.3) is 0 Å². The molecule has 5 heavy (non-hydrogen) atoms. The Morgan fingerprint density at radius 1 is 1.40 bits per heavy atom. The quantitative estimate of drug-likeness (QED) is 0.539. The van der Waals surface area contributed by atoms with Crippen LogP contribution in [-0.4, -0.2) is 45.5 Å². The van der Waals surface area contributed by atoms with Gasteiger partial charge in [0.2, 0.25) is 0 Å². The Labute approximate surface area is 117 Å². The summed E-state index contributed by atoms with van der Waals surface area (Å²) in [4.78, 5) is 0. The smallest absolute Gasteiger partial charge is 2.00 e. The van der Waals surface area contributed by atoms with Crippen LogP contribution in [0.2, 0.25) is 0 Å². The average molecular weight is 367 g/mol. The summed E-state index contributed by atoms with van der Waals surface area (Å²) in [6, 6.07) is 0. The molecule has 0 aliphatic rings. The maximum absolute atomic E-state index is 7.81. The zero-order chi connectivity index (χ0) is 2.00. The molecule has 0 saturated heterocycles. The van der Waals surface area contributed by atoms with Crippen LogP contribution in [-0.2, 0) is 36.6 Å². The van der Waals surface area contributed by atoms with E-state index in [1.807, 2.05) is 0 Å². The summed E-state index contributed by atoms with van der Waals surface area (Å²) in [6.45, 7) is 0. The second-order valence-corrected chi connectivity index (χ2v) is 0. The molecule has 0 aromatic carbocycles. The first-order chi connectivity index (χ1) is 1.00. The van der Waals surface area contributed by atoms with Gasteiger partial charge in [-0.3, -0.25) is 0 Å². The third-order valence-corrected chi connectivity index (χ3v) is 0. The minimum atomic E-state index is 0. The van der Waals surface area contributed by atoms with Crippen LogP contribution >= 0.6 is 0 Å². The Morgan fingerprint density at radius 3 is 1.40 bits per heavy atom. The second kappa shape index (κ2) is 25.9. The molecule has 0 aromatic heterocycles. The fraction of sp³-hybridized carbons (Fsp3) is 0. The molecule has 1 nitrogen and oxygen atoms in total. The second-order valence-electron chi connectivity index (χ2n) is 0. The van der Waals surface area contributed by atoms with Gasteiger partial charge in [-0.2, -0.15) is 0 Å². The van der Waals surface area contributed by atoms with Crippen molar-refractivity contribution in [3.05, 3.63) is 0 Å². The number of hydrogen-bond acceptors (Lipinski definition) is 1. The van der Waals surface area contributed by atoms with Crippen LogP contribution in [0.15, 0.2) is 0 Å². The van der Waals surface area contributed by atoms with E-state index in [4.69, 9.17) is 3.83 Å². The number of rotatable bonds is 0. The maximum Gasteiger partial charge on any atom is 2.00 e. The van der Waals surface area contributed by atoms with E-state index in [2.05, 4.69) is 15.9 Å². The molecule has 33 valence electrons. The minimum Gasteiger partial charge on any atom is 2.00 e. The SMILES string of the molecule is [Co].[H-].[H-].[La].[O]=[Cu].[Sr+2]. The van der Waals surface area contributed by atoms with Crippen molar-refractivity contribution in [3.8, 4) is 0 Å². The largest absolute Gasteiger partial charge is 2.00 e. The molecule has 0 fully saturated rings. The van der Waals surface area contributed by atoms with E-state index in [1.54, 1.807) is 0 Å². The van der Waals surface area contributed by atoms with Crippen molar-refractivity contribution in [1.29, 1.82) is 0 Å². The molecule has 0 rings (SSSR count). The van der Waals surface area contributed by atoms with Gasteiger partial charge >= 0.3 is 65.3 Å². The standard InChI is InChI=1S/Co.Cu.La.O.Sr.2H/q;;;;+2;2*-1. The van der Waals surface area contributed by atoms with Gasteiger partial charge < -0.3 is 2.85 Å². The molecule has 0 amide bonds. The van der Waals surface area contributed by atoms with E-state index >= 15 is 0 Å². The topological polar surface area (TPSA) is 17.1 Å². The van der Waals surface area contributed by atoms with E-state index in [1.165, 1.54) is 0 Å². The zero-order valence-corrected chi connectivity index (χ0v) is 11.4. The molecule has 5 heteroatoms. The Morgan fingerprint density at radius 2 is 1.40 bits per heavy atom. The van der Waals surface area contributed by atoms with Gasteiger partial charge in [-0.1, -0.05) is 0 Å². The predicted octanol–water partition coefficient (Wildman–Crippen LogP) is -0.280. The average Bonchev–Trinajstić information content (AvgIpc) is 1.00. The molecule has 0 bridgehead atoms. The third kappa shape index (κ3) is 18.5. The minimum absolute atomic E-state index is 0. The normalized spacial score (nSPS) is 1.20. The summed E-state index contributed by atoms with van der Waals surface area (Å²) in [5.74, 6) is 0. The van der Waals surface area contributed by atoms with Crippen LogP contribution in [0.1, 0.15) is 2.85 Å². The maximum atomic E-state index is 7.81. The van der Waals surface area contributed by atoms with Crippen molar-refractivity contribution < 1.29 is 75.0 Å². The van der Waals surface area contributed by atoms with Crippen molar-refractivity contribution in [3.63, 3.8) is 0 Å². The van der Waals surface area contributed by atoms with Crippen LogP contribution < -0.4 is 0 Å². The van der Waals surface area contributed by atoms with E-state index < -0.39 is 0 Å². The van der Waals surface area contributed by atoms with Crippen LogP contribution in [0.3, 0.4) is 0 Å². The van der Waals surface area contributed by atoms with E-state index in [-0.39, 0.29) is 101 Å². The molecule has 0 aliphatic carbocycles. The molecule has 0 atom stereocenters. The Balaban J connectivity index is -0.000000000500. The summed E-state index contributed by atoms with van der Waals surface area (Å²) < 4.78 is 7.81. The first-order valence-corrected chi connectivity index (χ1v) is 0.508. The van der Waals surface area contributed by atoms with Gasteiger partial charge in [0.1, 0.15) is 0 Å². The van der Waals surface area contributed by atoms with E-state index in [0.717, 1.165) is 0 Å². The first kappa shape index (κ1) is 23.6. The molecule has 0 spiro atoms. The molecular weight excluding hydrogens is 365 g/mol. The summed E-state index contributed by atoms with van der Waals surface area (Å²) in [5, 5.41) is 0. The van der Waals surface area contributed by atoms with Crippen molar-refractivity contribution in [2.45, 2.75) is 0 Å². The summed E-state index contributed by atoms with van der Waals surface area (Å²) >= 11 is 2.94. The third-order valence-electron chi connectivity index (χ3n) is 0. The monoisotopic (exact) mass is 367 g/mol. The molecule has 0 heterocycles. The fourth-order valence-corrected chi connectivity index (χ4v) is 0. The van der Waals surface area contributed by atoms with Gasteiger partial charge in [0.05, 0.1) is 0 Å². The van der Waals surface area contributed by atoms with E-state index in [0.29, 0.717) is 0 Å². The molecule has 0 aromatic rings. The molecule has 2 radical (unpaired) electrons. The molecule has 0 saturated carbocycles. The molecule has 0 N–H and O–H groups in total. The van der Waals surface area contributed by atoms with Crippen molar-refractivity contribution in [1.82, 2.24) is 0 Å². The summed E-state index contributed by atoms with van der Waals surface area (Å²) in [6.07, 6.45) is 0. The Hall–Kier alpha value is 3.50. The molecule has 0 aliphatic heterocycles. The zero-order valence-electron chi connectivity index (χ0n) is 4.33. The summed E-state index contributed by atoms with van der Waals surface area (Å²) in [5.41, 5.74) is 0. The first-order valence-electron chi connectivity index (χ1n) is 0.123. The number of hydrogen-bond donors (Lipinski definition) is 0.